The van der Waals surface area contributed by atoms with E-state index in [0.717, 1.165) is 80.3 Å². The number of Topliss-reactive ketones (excluding diaryl/α,β-unsaturated/α-hetero) is 2. The molecule has 14 heteroatoms. The number of carbonyl (C=O) groups is 3. The average molecular weight is 730 g/mol. The Kier molecular flexibility index (Phi) is 15.2. The van der Waals surface area contributed by atoms with Crippen LogP contribution in [0.2, 0.25) is 5.15 Å². The maximum absolute atomic E-state index is 13.2. The number of aromatic nitrogens is 2. The Labute approximate surface area is 309 Å². The molecule has 1 saturated heterocycles. The average Bonchev–Trinajstić information content (AvgIpc) is 3.14. The highest BCUT2D eigenvalue weighted by Crippen LogP contribution is 2.25. The SMILES string of the molecule is N#CCCC(=O)COc1ccc(CCC[N+]2(CCCc3ccc(OCC(=O)CCC#N)cc3)CCC[C@H](NC(=O)c3nc(Cl)c(N)nc3N)C2)cc1. The fourth-order valence-electron chi connectivity index (χ4n) is 6.43. The summed E-state index contributed by atoms with van der Waals surface area (Å²) in [7, 11) is 0. The van der Waals surface area contributed by atoms with Crippen LogP contribution >= 0.6 is 11.6 Å². The van der Waals surface area contributed by atoms with E-state index >= 15 is 0 Å². The van der Waals surface area contributed by atoms with Gasteiger partial charge in [0.25, 0.3) is 5.91 Å². The molecular weight excluding hydrogens is 684 g/mol. The number of nitrogens with zero attached hydrogens (tertiary/aromatic N) is 5. The minimum Gasteiger partial charge on any atom is -0.486 e. The Morgan fingerprint density at radius 3 is 1.85 bits per heavy atom. The van der Waals surface area contributed by atoms with Crippen molar-refractivity contribution in [2.24, 2.45) is 0 Å². The van der Waals surface area contributed by atoms with Gasteiger partial charge in [-0.25, -0.2) is 9.97 Å². The lowest BCUT2D eigenvalue weighted by atomic mass is 9.99. The molecular formula is C38H46ClN8O5+. The molecule has 0 radical (unpaired) electrons. The molecule has 1 atom stereocenters. The van der Waals surface area contributed by atoms with Crippen LogP contribution in [0.25, 0.3) is 0 Å². The largest absolute Gasteiger partial charge is 0.486 e. The first-order valence-corrected chi connectivity index (χ1v) is 17.9. The van der Waals surface area contributed by atoms with E-state index in [0.29, 0.717) is 11.5 Å². The van der Waals surface area contributed by atoms with Crippen LogP contribution in [0, 0.1) is 22.7 Å². The molecule has 0 aliphatic carbocycles. The number of quaternary nitrogens is 1. The first-order valence-electron chi connectivity index (χ1n) is 17.5. The fraction of sp³-hybridized carbons (Fsp3) is 0.447. The van der Waals surface area contributed by atoms with Gasteiger partial charge in [0, 0.05) is 38.5 Å². The van der Waals surface area contributed by atoms with Crippen molar-refractivity contribution in [1.29, 1.82) is 10.5 Å². The van der Waals surface area contributed by atoms with E-state index in [2.05, 4.69) is 15.3 Å². The lowest BCUT2D eigenvalue weighted by Gasteiger charge is -2.45. The molecule has 1 amide bonds. The second-order valence-corrected chi connectivity index (χ2v) is 13.5. The maximum atomic E-state index is 13.2. The molecule has 5 N–H and O–H groups in total. The van der Waals surface area contributed by atoms with E-state index in [4.69, 9.17) is 43.1 Å². The molecule has 1 aliphatic heterocycles. The van der Waals surface area contributed by atoms with E-state index < -0.39 is 5.91 Å². The predicted octanol–water partition coefficient (Wildman–Crippen LogP) is 4.77. The number of nitrogens with two attached hydrogens (primary N) is 2. The van der Waals surface area contributed by atoms with Gasteiger partial charge in [0.1, 0.15) is 24.7 Å². The van der Waals surface area contributed by atoms with Crippen LogP contribution in [0.4, 0.5) is 11.6 Å². The summed E-state index contributed by atoms with van der Waals surface area (Å²) in [5.41, 5.74) is 13.9. The van der Waals surface area contributed by atoms with E-state index in [1.165, 1.54) is 0 Å². The minimum atomic E-state index is -0.431. The number of nitrogen functional groups attached to an aromatic ring is 2. The molecule has 1 fully saturated rings. The molecule has 2 aromatic carbocycles. The van der Waals surface area contributed by atoms with Gasteiger partial charge in [-0.3, -0.25) is 14.4 Å². The monoisotopic (exact) mass is 729 g/mol. The number of nitrogens with one attached hydrogen (secondary N) is 1. The standard InChI is InChI=1S/C38H45ClN8O5/c39-35-37(43)46-36(42)34(45-35)38(50)44-29-8-5-23-47(24-29,21-3-6-27-11-15-32(16-12-27)51-25-30(48)9-1-19-40)22-4-7-28-13-17-33(18-14-28)52-26-31(49)10-2-20-41/h11-18,29H,1-10,21-26H2,(H4-,42,43,44,46,50)/p+1/t29-/m0/s1. The summed E-state index contributed by atoms with van der Waals surface area (Å²) in [6.07, 6.45) is 6.08. The summed E-state index contributed by atoms with van der Waals surface area (Å²) >= 11 is 6.04. The molecule has 4 rings (SSSR count). The van der Waals surface area contributed by atoms with E-state index in [1.807, 2.05) is 60.7 Å². The highest BCUT2D eigenvalue weighted by Gasteiger charge is 2.35. The van der Waals surface area contributed by atoms with Crippen molar-refractivity contribution in [1.82, 2.24) is 15.3 Å². The van der Waals surface area contributed by atoms with Crippen LogP contribution in [0.3, 0.4) is 0 Å². The molecule has 52 heavy (non-hydrogen) atoms. The van der Waals surface area contributed by atoms with Gasteiger partial charge in [0.2, 0.25) is 0 Å². The van der Waals surface area contributed by atoms with Gasteiger partial charge in [-0.15, -0.1) is 0 Å². The molecule has 13 nitrogen and oxygen atoms in total. The Hall–Kier alpha value is -5.24. The van der Waals surface area contributed by atoms with E-state index in [9.17, 15) is 14.4 Å². The van der Waals surface area contributed by atoms with Crippen molar-refractivity contribution in [2.45, 2.75) is 70.3 Å². The van der Waals surface area contributed by atoms with Gasteiger partial charge in [-0.05, 0) is 61.1 Å². The summed E-state index contributed by atoms with van der Waals surface area (Å²) in [6.45, 7) is 3.47. The first-order chi connectivity index (χ1) is 25.1. The number of carbonyl (C=O) groups excluding carboxylic acids is 3. The second-order valence-electron chi connectivity index (χ2n) is 13.1. The van der Waals surface area contributed by atoms with Gasteiger partial charge < -0.3 is 30.7 Å². The van der Waals surface area contributed by atoms with Crippen LogP contribution in [0.5, 0.6) is 11.5 Å². The van der Waals surface area contributed by atoms with Crippen LogP contribution in [-0.2, 0) is 22.4 Å². The van der Waals surface area contributed by atoms with Crippen molar-refractivity contribution in [3.05, 3.63) is 70.5 Å². The fourth-order valence-corrected chi connectivity index (χ4v) is 6.55. The molecule has 0 bridgehead atoms. The lowest BCUT2D eigenvalue weighted by molar-refractivity contribution is -0.933. The Morgan fingerprint density at radius 1 is 0.827 bits per heavy atom. The minimum absolute atomic E-state index is 0.0300. The zero-order chi connectivity index (χ0) is 37.3. The van der Waals surface area contributed by atoms with Crippen LogP contribution < -0.4 is 26.3 Å². The predicted molar refractivity (Wildman–Crippen MR) is 196 cm³/mol. The Morgan fingerprint density at radius 2 is 1.35 bits per heavy atom. The van der Waals surface area contributed by atoms with Crippen molar-refractivity contribution < 1.29 is 28.3 Å². The second kappa shape index (κ2) is 20.0. The third-order valence-electron chi connectivity index (χ3n) is 9.12. The highest BCUT2D eigenvalue weighted by atomic mass is 35.5. The van der Waals surface area contributed by atoms with Crippen molar-refractivity contribution in [3.63, 3.8) is 0 Å². The summed E-state index contributed by atoms with van der Waals surface area (Å²) in [4.78, 5) is 45.0. The Balaban J connectivity index is 1.37. The van der Waals surface area contributed by atoms with E-state index in [1.54, 1.807) is 0 Å². The zero-order valence-corrected chi connectivity index (χ0v) is 30.1. The topological polar surface area (TPSA) is 207 Å². The number of ether oxygens (including phenoxy) is 2. The summed E-state index contributed by atoms with van der Waals surface area (Å²) in [5.74, 6) is 0.490. The number of amides is 1. The third kappa shape index (κ3) is 12.5. The molecule has 3 aromatic rings. The zero-order valence-electron chi connectivity index (χ0n) is 29.3. The number of ketones is 2. The molecule has 1 aromatic heterocycles. The maximum Gasteiger partial charge on any atom is 0.274 e. The number of nitriles is 2. The molecule has 274 valence electrons. The van der Waals surface area contributed by atoms with E-state index in [-0.39, 0.29) is 79.0 Å². The molecule has 0 saturated carbocycles. The third-order valence-corrected chi connectivity index (χ3v) is 9.40. The molecule has 0 unspecified atom stereocenters. The summed E-state index contributed by atoms with van der Waals surface area (Å²) in [5, 5.41) is 20.4. The highest BCUT2D eigenvalue weighted by molar-refractivity contribution is 6.31. The molecule has 2 heterocycles. The first kappa shape index (κ1) is 39.5. The number of piperidine rings is 1. The smallest absolute Gasteiger partial charge is 0.274 e. The number of halogens is 1. The van der Waals surface area contributed by atoms with Crippen molar-refractivity contribution in [2.75, 3.05) is 50.9 Å². The summed E-state index contributed by atoms with van der Waals surface area (Å²) in [6, 6.07) is 19.4. The van der Waals surface area contributed by atoms with Gasteiger partial charge >= 0.3 is 0 Å². The number of anilines is 2. The number of hydrogen-bond acceptors (Lipinski definition) is 11. The molecule has 1 aliphatic rings. The quantitative estimate of drug-likeness (QED) is 0.135. The number of rotatable bonds is 20. The van der Waals surface area contributed by atoms with Crippen LogP contribution in [0.15, 0.2) is 48.5 Å². The van der Waals surface area contributed by atoms with Gasteiger partial charge in [0.15, 0.2) is 34.0 Å². The molecule has 0 spiro atoms. The number of likely N-dealkylation sites (tertiary alicyclic amines) is 1. The lowest BCUT2D eigenvalue weighted by Crippen LogP contribution is -2.60. The van der Waals surface area contributed by atoms with Crippen LogP contribution in [-0.4, -0.2) is 77.4 Å². The Bertz CT molecular complexity index is 1670. The normalized spacial score (nSPS) is 14.8. The van der Waals surface area contributed by atoms with Crippen LogP contribution in [0.1, 0.15) is 73.0 Å². The van der Waals surface area contributed by atoms with Gasteiger partial charge in [0.05, 0.1) is 44.4 Å². The van der Waals surface area contributed by atoms with Crippen molar-refractivity contribution in [3.8, 4) is 23.6 Å². The summed E-state index contributed by atoms with van der Waals surface area (Å²) < 4.78 is 12.0. The number of aryl methyl sites for hydroxylation is 2. The van der Waals surface area contributed by atoms with Crippen molar-refractivity contribution >= 4 is 40.7 Å². The van der Waals surface area contributed by atoms with Gasteiger partial charge in [-0.1, -0.05) is 35.9 Å². The number of benzene rings is 2. The number of hydrogen-bond donors (Lipinski definition) is 3. The van der Waals surface area contributed by atoms with Gasteiger partial charge in [-0.2, -0.15) is 10.5 Å².